The van der Waals surface area contributed by atoms with Gasteiger partial charge in [0.1, 0.15) is 11.3 Å². The topological polar surface area (TPSA) is 101 Å². The molecule has 0 aliphatic carbocycles. The molecule has 0 saturated carbocycles. The normalized spacial score (nSPS) is 21.6. The van der Waals surface area contributed by atoms with Gasteiger partial charge in [0.25, 0.3) is 5.95 Å². The largest absolute Gasteiger partial charge is 0.465 e. The third-order valence-corrected chi connectivity index (χ3v) is 6.78. The molecule has 2 aliphatic heterocycles. The van der Waals surface area contributed by atoms with Crippen LogP contribution in [0.25, 0.3) is 16.9 Å². The summed E-state index contributed by atoms with van der Waals surface area (Å²) < 4.78 is 21.6. The first-order valence-corrected chi connectivity index (χ1v) is 11.6. The highest BCUT2D eigenvalue weighted by Crippen LogP contribution is 2.29. The molecule has 33 heavy (non-hydrogen) atoms. The standard InChI is InChI=1S/C23H29FN6O3/c1-14(2)20-17-4-3-5-18(24)21(17)30(26-20)22-25-19(33-27-22)10-15-6-8-28(11-15)12-16-7-9-29(13-16)23(31)32/h3-5,14-16H,6-13H2,1-2H3,(H,31,32)/t15-,16-/m0/s1. The Morgan fingerprint density at radius 1 is 1.24 bits per heavy atom. The first-order valence-electron chi connectivity index (χ1n) is 11.6. The Balaban J connectivity index is 1.25. The summed E-state index contributed by atoms with van der Waals surface area (Å²) in [7, 11) is 0. The van der Waals surface area contributed by atoms with Crippen LogP contribution in [0.5, 0.6) is 0 Å². The van der Waals surface area contributed by atoms with E-state index in [9.17, 15) is 9.18 Å². The molecule has 3 aromatic rings. The second-order valence-corrected chi connectivity index (χ2v) is 9.58. The molecule has 2 fully saturated rings. The van der Waals surface area contributed by atoms with Gasteiger partial charge in [0.15, 0.2) is 0 Å². The van der Waals surface area contributed by atoms with Crippen molar-refractivity contribution in [2.24, 2.45) is 11.8 Å². The van der Waals surface area contributed by atoms with Crippen LogP contribution in [0.15, 0.2) is 22.7 Å². The Morgan fingerprint density at radius 3 is 2.82 bits per heavy atom. The first-order chi connectivity index (χ1) is 15.9. The molecule has 0 spiro atoms. The maximum Gasteiger partial charge on any atom is 0.407 e. The highest BCUT2D eigenvalue weighted by atomic mass is 19.1. The maximum atomic E-state index is 14.6. The second kappa shape index (κ2) is 8.74. The Hall–Kier alpha value is -3.01. The molecule has 4 heterocycles. The summed E-state index contributed by atoms with van der Waals surface area (Å²) in [5.41, 5.74) is 1.17. The van der Waals surface area contributed by atoms with Gasteiger partial charge in [-0.15, -0.1) is 0 Å². The third-order valence-electron chi connectivity index (χ3n) is 6.78. The van der Waals surface area contributed by atoms with E-state index in [4.69, 9.17) is 9.63 Å². The van der Waals surface area contributed by atoms with Crippen LogP contribution in [0, 0.1) is 17.7 Å². The number of carboxylic acid groups (broad SMARTS) is 1. The van der Waals surface area contributed by atoms with Crippen LogP contribution in [-0.4, -0.2) is 73.6 Å². The van der Waals surface area contributed by atoms with Crippen LogP contribution < -0.4 is 0 Å². The van der Waals surface area contributed by atoms with E-state index in [1.165, 1.54) is 15.6 Å². The van der Waals surface area contributed by atoms with Crippen LogP contribution >= 0.6 is 0 Å². The van der Waals surface area contributed by atoms with Gasteiger partial charge in [0.05, 0.1) is 5.69 Å². The molecule has 2 aromatic heterocycles. The van der Waals surface area contributed by atoms with Gasteiger partial charge in [-0.2, -0.15) is 14.8 Å². The lowest BCUT2D eigenvalue weighted by molar-refractivity contribution is 0.152. The number of amides is 1. The number of aromatic nitrogens is 4. The summed E-state index contributed by atoms with van der Waals surface area (Å²) >= 11 is 0. The zero-order valence-electron chi connectivity index (χ0n) is 18.9. The Bertz CT molecular complexity index is 1160. The van der Waals surface area contributed by atoms with Crippen molar-refractivity contribution in [1.82, 2.24) is 29.7 Å². The zero-order valence-corrected chi connectivity index (χ0v) is 18.9. The number of likely N-dealkylation sites (tertiary alicyclic amines) is 2. The van der Waals surface area contributed by atoms with E-state index >= 15 is 0 Å². The minimum Gasteiger partial charge on any atom is -0.465 e. The Labute approximate surface area is 191 Å². The predicted molar refractivity (Wildman–Crippen MR) is 119 cm³/mol. The van der Waals surface area contributed by atoms with E-state index in [0.29, 0.717) is 42.8 Å². The van der Waals surface area contributed by atoms with Crippen molar-refractivity contribution < 1.29 is 18.8 Å². The fourth-order valence-corrected chi connectivity index (χ4v) is 5.15. The summed E-state index contributed by atoms with van der Waals surface area (Å²) in [4.78, 5) is 19.6. The van der Waals surface area contributed by atoms with E-state index in [1.807, 2.05) is 19.9 Å². The summed E-state index contributed by atoms with van der Waals surface area (Å²) in [6.07, 6.45) is 1.79. The third kappa shape index (κ3) is 4.31. The molecule has 2 aliphatic rings. The molecule has 176 valence electrons. The summed E-state index contributed by atoms with van der Waals surface area (Å²) in [5.74, 6) is 1.34. The van der Waals surface area contributed by atoms with Crippen molar-refractivity contribution in [3.63, 3.8) is 0 Å². The van der Waals surface area contributed by atoms with E-state index in [2.05, 4.69) is 20.1 Å². The predicted octanol–water partition coefficient (Wildman–Crippen LogP) is 3.54. The van der Waals surface area contributed by atoms with Gasteiger partial charge in [-0.1, -0.05) is 26.0 Å². The highest BCUT2D eigenvalue weighted by molar-refractivity contribution is 5.84. The van der Waals surface area contributed by atoms with Crippen molar-refractivity contribution in [1.29, 1.82) is 0 Å². The molecule has 0 unspecified atom stereocenters. The van der Waals surface area contributed by atoms with E-state index < -0.39 is 6.09 Å². The maximum absolute atomic E-state index is 14.6. The number of hydrogen-bond acceptors (Lipinski definition) is 6. The zero-order chi connectivity index (χ0) is 23.1. The van der Waals surface area contributed by atoms with Crippen molar-refractivity contribution in [3.8, 4) is 5.95 Å². The number of benzene rings is 1. The molecule has 2 atom stereocenters. The van der Waals surface area contributed by atoms with E-state index in [1.54, 1.807) is 6.07 Å². The number of para-hydroxylation sites is 1. The average Bonchev–Trinajstić information content (AvgIpc) is 3.55. The van der Waals surface area contributed by atoms with Gasteiger partial charge >= 0.3 is 6.09 Å². The fourth-order valence-electron chi connectivity index (χ4n) is 5.15. The molecule has 0 radical (unpaired) electrons. The molecule has 5 rings (SSSR count). The van der Waals surface area contributed by atoms with Crippen LogP contribution in [0.3, 0.4) is 0 Å². The lowest BCUT2D eigenvalue weighted by Crippen LogP contribution is -2.31. The van der Waals surface area contributed by atoms with Crippen LogP contribution in [0.4, 0.5) is 9.18 Å². The minimum atomic E-state index is -0.825. The summed E-state index contributed by atoms with van der Waals surface area (Å²) in [6.45, 7) is 8.14. The highest BCUT2D eigenvalue weighted by Gasteiger charge is 2.31. The lowest BCUT2D eigenvalue weighted by Gasteiger charge is -2.20. The number of rotatable bonds is 6. The molecule has 1 amide bonds. The lowest BCUT2D eigenvalue weighted by atomic mass is 10.1. The monoisotopic (exact) mass is 456 g/mol. The summed E-state index contributed by atoms with van der Waals surface area (Å²) in [6, 6.07) is 4.97. The van der Waals surface area contributed by atoms with E-state index in [-0.39, 0.29) is 17.7 Å². The van der Waals surface area contributed by atoms with Crippen LogP contribution in [0.1, 0.15) is 44.2 Å². The molecule has 0 bridgehead atoms. The number of halogens is 1. The van der Waals surface area contributed by atoms with Crippen LogP contribution in [-0.2, 0) is 6.42 Å². The Kier molecular flexibility index (Phi) is 5.77. The Morgan fingerprint density at radius 2 is 2.06 bits per heavy atom. The van der Waals surface area contributed by atoms with Crippen molar-refractivity contribution in [3.05, 3.63) is 35.6 Å². The molecular formula is C23H29FN6O3. The second-order valence-electron chi connectivity index (χ2n) is 9.58. The molecule has 1 N–H and O–H groups in total. The molecule has 2 saturated heterocycles. The van der Waals surface area contributed by atoms with Crippen molar-refractivity contribution in [2.45, 2.75) is 39.0 Å². The van der Waals surface area contributed by atoms with Gasteiger partial charge in [-0.3, -0.25) is 0 Å². The van der Waals surface area contributed by atoms with Gasteiger partial charge in [0.2, 0.25) is 5.89 Å². The number of hydrogen-bond donors (Lipinski definition) is 1. The van der Waals surface area contributed by atoms with Crippen molar-refractivity contribution >= 4 is 17.0 Å². The van der Waals surface area contributed by atoms with Crippen LogP contribution in [0.2, 0.25) is 0 Å². The van der Waals surface area contributed by atoms with Gasteiger partial charge in [-0.25, -0.2) is 9.18 Å². The van der Waals surface area contributed by atoms with Crippen molar-refractivity contribution in [2.75, 3.05) is 32.7 Å². The molecule has 9 nitrogen and oxygen atoms in total. The van der Waals surface area contributed by atoms with Gasteiger partial charge < -0.3 is 19.4 Å². The number of carbonyl (C=O) groups is 1. The minimum absolute atomic E-state index is 0.133. The molecular weight excluding hydrogens is 427 g/mol. The SMILES string of the molecule is CC(C)c1nn(-c2noc(C[C@@H]3CCN(C[C@@H]4CCN(C(=O)O)C4)C3)n2)c2c(F)cccc12. The number of nitrogens with zero attached hydrogens (tertiary/aromatic N) is 6. The molecule has 10 heteroatoms. The smallest absolute Gasteiger partial charge is 0.407 e. The van der Waals surface area contributed by atoms with Gasteiger partial charge in [-0.05, 0) is 48.4 Å². The first kappa shape index (κ1) is 21.8. The van der Waals surface area contributed by atoms with Gasteiger partial charge in [0, 0.05) is 38.0 Å². The molecule has 1 aromatic carbocycles. The average molecular weight is 457 g/mol. The summed E-state index contributed by atoms with van der Waals surface area (Å²) in [5, 5.41) is 18.6. The number of fused-ring (bicyclic) bond motifs is 1. The quantitative estimate of drug-likeness (QED) is 0.605. The fraction of sp³-hybridized carbons (Fsp3) is 0.565. The van der Waals surface area contributed by atoms with E-state index in [0.717, 1.165) is 43.6 Å².